The molecule has 0 aliphatic rings. The molecule has 3 rings (SSSR count). The minimum atomic E-state index is -3.32. The molecule has 1 aromatic heterocycles. The van der Waals surface area contributed by atoms with E-state index in [2.05, 4.69) is 10.2 Å². The van der Waals surface area contributed by atoms with Crippen LogP contribution in [0.25, 0.3) is 16.9 Å². The number of benzene rings is 2. The number of carbonyl (C=O) groups excluding carboxylic acids is 1. The topological polar surface area (TPSA) is 121 Å². The molecule has 10 heteroatoms. The Morgan fingerprint density at radius 3 is 2.34 bits per heavy atom. The number of rotatable bonds is 8. The van der Waals surface area contributed by atoms with Crippen molar-refractivity contribution in [3.63, 3.8) is 0 Å². The van der Waals surface area contributed by atoms with E-state index in [0.29, 0.717) is 0 Å². The molecule has 1 atom stereocenters. The summed E-state index contributed by atoms with van der Waals surface area (Å²) in [6.45, 7) is 3.25. The number of nitrogens with one attached hydrogen (secondary N) is 1. The molecular weight excluding hydrogens is 434 g/mol. The lowest BCUT2D eigenvalue weighted by Gasteiger charge is -2.13. The van der Waals surface area contributed by atoms with Crippen LogP contribution in [0.1, 0.15) is 18.2 Å². The van der Waals surface area contributed by atoms with Gasteiger partial charge in [-0.25, -0.2) is 8.42 Å². The summed E-state index contributed by atoms with van der Waals surface area (Å²) in [5, 5.41) is 11.9. The van der Waals surface area contributed by atoms with Crippen LogP contribution in [0.4, 0.5) is 0 Å². The largest absolute Gasteiger partial charge is 0.331 e. The minimum absolute atomic E-state index is 0.00843. The van der Waals surface area contributed by atoms with E-state index in [0.717, 1.165) is 34.5 Å². The molecule has 0 radical (unpaired) electrons. The molecule has 0 aliphatic carbocycles. The van der Waals surface area contributed by atoms with Crippen molar-refractivity contribution < 1.29 is 23.1 Å². The minimum Gasteiger partial charge on any atom is -0.331 e. The van der Waals surface area contributed by atoms with Crippen LogP contribution < -0.4 is 5.32 Å². The molecule has 0 spiro atoms. The number of aromatic nitrogens is 1. The maximum atomic E-state index is 12.4. The number of hydrogen-bond acceptors (Lipinski definition) is 6. The van der Waals surface area contributed by atoms with Crippen molar-refractivity contribution in [3.05, 3.63) is 82.0 Å². The summed E-state index contributed by atoms with van der Waals surface area (Å²) in [6.07, 6.45) is 0.0713. The predicted molar refractivity (Wildman–Crippen MR) is 118 cm³/mol. The smallest absolute Gasteiger partial charge is 0.296 e. The van der Waals surface area contributed by atoms with E-state index in [1.54, 1.807) is 24.3 Å². The molecule has 0 saturated carbocycles. The van der Waals surface area contributed by atoms with Crippen LogP contribution in [0.5, 0.6) is 0 Å². The molecule has 9 nitrogen and oxygen atoms in total. The summed E-state index contributed by atoms with van der Waals surface area (Å²) >= 11 is 0. The molecule has 32 heavy (non-hydrogen) atoms. The van der Waals surface area contributed by atoms with Crippen LogP contribution in [-0.4, -0.2) is 36.5 Å². The zero-order chi connectivity index (χ0) is 23.5. The first-order valence-electron chi connectivity index (χ1n) is 9.74. The SMILES string of the molecule is Cc1c(CC(=O)NC(C)O[N+](=O)[O-])cc(-c2ccc(S(C)(=O)=O)cc2)n1-c1ccccc1. The molecule has 0 aliphatic heterocycles. The average molecular weight is 458 g/mol. The first-order valence-corrected chi connectivity index (χ1v) is 11.6. The van der Waals surface area contributed by atoms with Gasteiger partial charge in [0.05, 0.1) is 17.0 Å². The van der Waals surface area contributed by atoms with E-state index in [-0.39, 0.29) is 11.3 Å². The van der Waals surface area contributed by atoms with E-state index >= 15 is 0 Å². The summed E-state index contributed by atoms with van der Waals surface area (Å²) in [4.78, 5) is 27.4. The fourth-order valence-corrected chi connectivity index (χ4v) is 4.07. The number of para-hydroxylation sites is 1. The highest BCUT2D eigenvalue weighted by Crippen LogP contribution is 2.30. The maximum absolute atomic E-state index is 12.4. The van der Waals surface area contributed by atoms with Gasteiger partial charge in [-0.15, -0.1) is 10.1 Å². The standard InChI is InChI=1S/C22H23N3O6S/c1-15-18(14-22(26)23-16(2)31-25(27)28)13-21(24(15)19-7-5-4-6-8-19)17-9-11-20(12-10-17)32(3,29)30/h4-13,16H,14H2,1-3H3,(H,23,26). The van der Waals surface area contributed by atoms with Crippen LogP contribution in [0.15, 0.2) is 65.6 Å². The van der Waals surface area contributed by atoms with Crippen molar-refractivity contribution in [1.82, 2.24) is 9.88 Å². The van der Waals surface area contributed by atoms with Gasteiger partial charge in [-0.2, -0.15) is 0 Å². The van der Waals surface area contributed by atoms with Crippen molar-refractivity contribution in [2.24, 2.45) is 0 Å². The van der Waals surface area contributed by atoms with E-state index < -0.39 is 27.1 Å². The number of amides is 1. The second-order valence-electron chi connectivity index (χ2n) is 7.32. The predicted octanol–water partition coefficient (Wildman–Crippen LogP) is 3.07. The molecule has 1 heterocycles. The molecule has 3 aromatic rings. The number of hydrogen-bond donors (Lipinski definition) is 1. The molecule has 168 valence electrons. The normalized spacial score (nSPS) is 12.2. The lowest BCUT2D eigenvalue weighted by Crippen LogP contribution is -2.36. The van der Waals surface area contributed by atoms with Gasteiger partial charge < -0.3 is 9.88 Å². The van der Waals surface area contributed by atoms with E-state index in [9.17, 15) is 23.3 Å². The third-order valence-corrected chi connectivity index (χ3v) is 6.03. The Bertz CT molecular complexity index is 1230. The van der Waals surface area contributed by atoms with Crippen molar-refractivity contribution in [2.45, 2.75) is 31.4 Å². The van der Waals surface area contributed by atoms with Gasteiger partial charge in [0.25, 0.3) is 5.09 Å². The number of nitrogens with zero attached hydrogens (tertiary/aromatic N) is 2. The first-order chi connectivity index (χ1) is 15.1. The average Bonchev–Trinajstić information content (AvgIpc) is 3.03. The third kappa shape index (κ3) is 5.33. The van der Waals surface area contributed by atoms with Crippen LogP contribution in [0, 0.1) is 17.0 Å². The molecule has 2 aromatic carbocycles. The number of carbonyl (C=O) groups is 1. The molecule has 1 unspecified atom stereocenters. The van der Waals surface area contributed by atoms with E-state index in [1.165, 1.54) is 6.92 Å². The van der Waals surface area contributed by atoms with E-state index in [4.69, 9.17) is 0 Å². The van der Waals surface area contributed by atoms with Crippen molar-refractivity contribution in [1.29, 1.82) is 0 Å². The summed E-state index contributed by atoms with van der Waals surface area (Å²) < 4.78 is 25.6. The summed E-state index contributed by atoms with van der Waals surface area (Å²) in [5.74, 6) is -0.424. The first kappa shape index (κ1) is 23.0. The monoisotopic (exact) mass is 457 g/mol. The van der Waals surface area contributed by atoms with Crippen molar-refractivity contribution >= 4 is 15.7 Å². The zero-order valence-electron chi connectivity index (χ0n) is 17.8. The van der Waals surface area contributed by atoms with Crippen molar-refractivity contribution in [2.75, 3.05) is 6.26 Å². The third-order valence-electron chi connectivity index (χ3n) is 4.90. The Kier molecular flexibility index (Phi) is 6.64. The maximum Gasteiger partial charge on any atom is 0.296 e. The molecule has 1 amide bonds. The molecule has 0 saturated heterocycles. The Balaban J connectivity index is 2.00. The van der Waals surface area contributed by atoms with E-state index in [1.807, 2.05) is 47.9 Å². The Morgan fingerprint density at radius 1 is 1.16 bits per heavy atom. The summed E-state index contributed by atoms with van der Waals surface area (Å²) in [5.41, 5.74) is 3.98. The fraction of sp³-hybridized carbons (Fsp3) is 0.227. The highest BCUT2D eigenvalue weighted by atomic mass is 32.2. The van der Waals surface area contributed by atoms with Gasteiger partial charge in [-0.05, 0) is 55.3 Å². The fourth-order valence-electron chi connectivity index (χ4n) is 3.44. The Hall–Kier alpha value is -3.66. The summed E-state index contributed by atoms with van der Waals surface area (Å²) in [6, 6.07) is 17.9. The zero-order valence-corrected chi connectivity index (χ0v) is 18.6. The highest BCUT2D eigenvalue weighted by Gasteiger charge is 2.19. The molecule has 0 bridgehead atoms. The van der Waals surface area contributed by atoms with Gasteiger partial charge in [0.2, 0.25) is 5.91 Å². The molecule has 1 N–H and O–H groups in total. The number of sulfone groups is 1. The molecular formula is C22H23N3O6S. The molecule has 0 fully saturated rings. The Labute approximate surface area is 185 Å². The van der Waals surface area contributed by atoms with Gasteiger partial charge in [0.1, 0.15) is 0 Å². The van der Waals surface area contributed by atoms with Gasteiger partial charge >= 0.3 is 0 Å². The second kappa shape index (κ2) is 9.23. The van der Waals surface area contributed by atoms with Crippen LogP contribution in [-0.2, 0) is 25.9 Å². The second-order valence-corrected chi connectivity index (χ2v) is 9.34. The Morgan fingerprint density at radius 2 is 1.78 bits per heavy atom. The quantitative estimate of drug-likeness (QED) is 0.315. The van der Waals surface area contributed by atoms with Gasteiger partial charge in [-0.3, -0.25) is 9.63 Å². The summed E-state index contributed by atoms with van der Waals surface area (Å²) in [7, 11) is -3.32. The van der Waals surface area contributed by atoms with Gasteiger partial charge in [0.15, 0.2) is 16.1 Å². The van der Waals surface area contributed by atoms with Crippen molar-refractivity contribution in [3.8, 4) is 16.9 Å². The highest BCUT2D eigenvalue weighted by molar-refractivity contribution is 7.90. The lowest BCUT2D eigenvalue weighted by atomic mass is 10.1. The van der Waals surface area contributed by atoms with Crippen LogP contribution in [0.2, 0.25) is 0 Å². The van der Waals surface area contributed by atoms with Gasteiger partial charge in [-0.1, -0.05) is 30.3 Å². The van der Waals surface area contributed by atoms with Crippen LogP contribution in [0.3, 0.4) is 0 Å². The lowest BCUT2D eigenvalue weighted by molar-refractivity contribution is -0.768. The van der Waals surface area contributed by atoms with Gasteiger partial charge in [0, 0.05) is 17.6 Å². The van der Waals surface area contributed by atoms with Crippen LogP contribution >= 0.6 is 0 Å².